The smallest absolute Gasteiger partial charge is 0.343 e. The van der Waals surface area contributed by atoms with E-state index in [0.717, 1.165) is 6.92 Å². The van der Waals surface area contributed by atoms with Gasteiger partial charge in [-0.15, -0.1) is 0 Å². The molecule has 0 aliphatic heterocycles. The molecule has 0 fully saturated rings. The third kappa shape index (κ3) is 9.76. The lowest BCUT2D eigenvalue weighted by Crippen LogP contribution is -2.49. The zero-order valence-electron chi connectivity index (χ0n) is 18.5. The maximum Gasteiger partial charge on any atom is 0.349 e. The quantitative estimate of drug-likeness (QED) is 0.391. The number of carbonyl (C=O) groups excluding carboxylic acids is 2. The Morgan fingerprint density at radius 2 is 1.65 bits per heavy atom. The second-order valence-electron chi connectivity index (χ2n) is 7.39. The maximum absolute atomic E-state index is 13.3. The average molecular weight is 463 g/mol. The third-order valence-corrected chi connectivity index (χ3v) is 5.93. The fourth-order valence-corrected chi connectivity index (χ4v) is 4.09. The molecule has 0 saturated carbocycles. The molecule has 0 aliphatic carbocycles. The number of anilines is 1. The molecular weight excluding hydrogens is 431 g/mol. The number of urea groups is 1. The van der Waals surface area contributed by atoms with Crippen molar-refractivity contribution in [1.29, 1.82) is 0 Å². The zero-order chi connectivity index (χ0) is 23.7. The molecule has 3 amide bonds. The van der Waals surface area contributed by atoms with Crippen molar-refractivity contribution in [1.82, 2.24) is 10.6 Å². The number of amides is 3. The summed E-state index contributed by atoms with van der Waals surface area (Å²) in [5.41, 5.74) is 0.120. The van der Waals surface area contributed by atoms with E-state index in [4.69, 9.17) is 9.05 Å². The van der Waals surface area contributed by atoms with E-state index >= 15 is 0 Å². The summed E-state index contributed by atoms with van der Waals surface area (Å²) in [6, 6.07) is 3.56. The molecule has 0 aromatic heterocycles. The van der Waals surface area contributed by atoms with Gasteiger partial charge in [0.2, 0.25) is 5.91 Å². The van der Waals surface area contributed by atoms with Gasteiger partial charge in [-0.05, 0) is 38.3 Å². The number of halogens is 2. The first-order valence-corrected chi connectivity index (χ1v) is 11.8. The lowest BCUT2D eigenvalue weighted by molar-refractivity contribution is -0.123. The van der Waals surface area contributed by atoms with Crippen LogP contribution in [0, 0.1) is 5.92 Å². The Morgan fingerprint density at radius 1 is 1.10 bits per heavy atom. The Hall–Kier alpha value is -2.03. The number of benzene rings is 1. The highest BCUT2D eigenvalue weighted by Crippen LogP contribution is 2.46. The molecule has 1 rings (SSSR count). The Labute approximate surface area is 182 Å². The molecule has 176 valence electrons. The summed E-state index contributed by atoms with van der Waals surface area (Å²) in [4.78, 5) is 24.9. The standard InChI is InChI=1S/C20H32F2N3O5P/c1-6-29-31(28,30-7-2)13-23-18(26)17(12-14(3)4)25-19(27)24-16-10-8-15(9-11-16)20(5,21)22/h8-11,14,17H,6-7,12-13H2,1-5H3,(H,23,26)(H2,24,25,27)/t17-/m0/s1. The van der Waals surface area contributed by atoms with Crippen molar-refractivity contribution in [3.8, 4) is 0 Å². The van der Waals surface area contributed by atoms with Crippen molar-refractivity contribution >= 4 is 25.2 Å². The highest BCUT2D eigenvalue weighted by Gasteiger charge is 2.28. The lowest BCUT2D eigenvalue weighted by atomic mass is 10.0. The molecule has 1 aromatic rings. The minimum absolute atomic E-state index is 0.0766. The predicted molar refractivity (Wildman–Crippen MR) is 115 cm³/mol. The van der Waals surface area contributed by atoms with Gasteiger partial charge in [0.15, 0.2) is 0 Å². The second kappa shape index (κ2) is 12.1. The molecule has 11 heteroatoms. The van der Waals surface area contributed by atoms with Crippen LogP contribution in [0.3, 0.4) is 0 Å². The summed E-state index contributed by atoms with van der Waals surface area (Å²) >= 11 is 0. The van der Waals surface area contributed by atoms with Crippen LogP contribution in [0.1, 0.15) is 46.6 Å². The fraction of sp³-hybridized carbons (Fsp3) is 0.600. The van der Waals surface area contributed by atoms with Crippen LogP contribution in [0.2, 0.25) is 0 Å². The van der Waals surface area contributed by atoms with Crippen LogP contribution in [-0.4, -0.2) is 37.5 Å². The molecule has 0 bridgehead atoms. The number of alkyl halides is 2. The van der Waals surface area contributed by atoms with Crippen molar-refractivity contribution in [2.45, 2.75) is 53.0 Å². The molecule has 0 saturated heterocycles. The highest BCUT2D eigenvalue weighted by atomic mass is 31.2. The number of hydrogen-bond acceptors (Lipinski definition) is 5. The Bertz CT molecular complexity index is 759. The number of hydrogen-bond donors (Lipinski definition) is 3. The van der Waals surface area contributed by atoms with E-state index in [9.17, 15) is 22.9 Å². The van der Waals surface area contributed by atoms with Crippen molar-refractivity contribution in [2.75, 3.05) is 24.8 Å². The van der Waals surface area contributed by atoms with Gasteiger partial charge in [-0.2, -0.15) is 0 Å². The fourth-order valence-electron chi connectivity index (χ4n) is 2.69. The van der Waals surface area contributed by atoms with Gasteiger partial charge in [0, 0.05) is 18.2 Å². The molecule has 1 atom stereocenters. The molecule has 31 heavy (non-hydrogen) atoms. The summed E-state index contributed by atoms with van der Waals surface area (Å²) in [5.74, 6) is -3.44. The van der Waals surface area contributed by atoms with Gasteiger partial charge >= 0.3 is 13.6 Å². The van der Waals surface area contributed by atoms with E-state index in [1.165, 1.54) is 24.3 Å². The lowest BCUT2D eigenvalue weighted by Gasteiger charge is -2.22. The number of rotatable bonds is 12. The minimum Gasteiger partial charge on any atom is -0.343 e. The van der Waals surface area contributed by atoms with Crippen LogP contribution in [-0.2, 0) is 24.3 Å². The number of carbonyl (C=O) groups is 2. The van der Waals surface area contributed by atoms with Crippen LogP contribution in [0.4, 0.5) is 19.3 Å². The first kappa shape index (κ1) is 27.0. The van der Waals surface area contributed by atoms with E-state index < -0.39 is 31.5 Å². The van der Waals surface area contributed by atoms with E-state index in [1.54, 1.807) is 13.8 Å². The zero-order valence-corrected chi connectivity index (χ0v) is 19.4. The van der Waals surface area contributed by atoms with Crippen molar-refractivity contribution < 1.29 is 32.0 Å². The van der Waals surface area contributed by atoms with Gasteiger partial charge < -0.3 is 25.0 Å². The molecule has 0 aliphatic rings. The average Bonchev–Trinajstić information content (AvgIpc) is 2.65. The Balaban J connectivity index is 2.77. The van der Waals surface area contributed by atoms with E-state index in [2.05, 4.69) is 16.0 Å². The summed E-state index contributed by atoms with van der Waals surface area (Å²) in [6.07, 6.45) is 0.00587. The summed E-state index contributed by atoms with van der Waals surface area (Å²) in [7, 11) is -3.48. The Morgan fingerprint density at radius 3 is 2.10 bits per heavy atom. The second-order valence-corrected chi connectivity index (χ2v) is 9.45. The van der Waals surface area contributed by atoms with Gasteiger partial charge in [-0.25, -0.2) is 13.6 Å². The summed E-state index contributed by atoms with van der Waals surface area (Å²) < 4.78 is 49.4. The van der Waals surface area contributed by atoms with Crippen molar-refractivity contribution in [3.05, 3.63) is 29.8 Å². The number of nitrogens with one attached hydrogen (secondary N) is 3. The van der Waals surface area contributed by atoms with E-state index in [-0.39, 0.29) is 31.0 Å². The van der Waals surface area contributed by atoms with Crippen LogP contribution in [0.5, 0.6) is 0 Å². The van der Waals surface area contributed by atoms with E-state index in [1.807, 2.05) is 13.8 Å². The summed E-state index contributed by atoms with van der Waals surface area (Å²) in [5, 5.41) is 7.59. The van der Waals surface area contributed by atoms with Gasteiger partial charge in [0.25, 0.3) is 5.92 Å². The van der Waals surface area contributed by atoms with Crippen LogP contribution < -0.4 is 16.0 Å². The predicted octanol–water partition coefficient (Wildman–Crippen LogP) is 4.67. The van der Waals surface area contributed by atoms with Crippen LogP contribution >= 0.6 is 7.60 Å². The molecule has 1 aromatic carbocycles. The minimum atomic E-state index is -3.48. The molecule has 0 unspecified atom stereocenters. The SMILES string of the molecule is CCOP(=O)(CNC(=O)[C@H](CC(C)C)NC(=O)Nc1ccc(C(C)(F)F)cc1)OCC. The molecule has 8 nitrogen and oxygen atoms in total. The maximum atomic E-state index is 13.3. The van der Waals surface area contributed by atoms with E-state index in [0.29, 0.717) is 12.1 Å². The topological polar surface area (TPSA) is 106 Å². The van der Waals surface area contributed by atoms with Gasteiger partial charge in [0.05, 0.1) is 13.2 Å². The van der Waals surface area contributed by atoms with Crippen LogP contribution in [0.25, 0.3) is 0 Å². The third-order valence-electron chi connectivity index (χ3n) is 4.08. The van der Waals surface area contributed by atoms with Gasteiger partial charge in [-0.1, -0.05) is 26.0 Å². The van der Waals surface area contributed by atoms with Gasteiger partial charge in [0.1, 0.15) is 12.3 Å². The monoisotopic (exact) mass is 463 g/mol. The molecule has 0 spiro atoms. The molecule has 0 radical (unpaired) electrons. The molecular formula is C20H32F2N3O5P. The molecule has 0 heterocycles. The largest absolute Gasteiger partial charge is 0.349 e. The Kier molecular flexibility index (Phi) is 10.6. The normalized spacial score (nSPS) is 13.0. The van der Waals surface area contributed by atoms with Crippen molar-refractivity contribution in [3.63, 3.8) is 0 Å². The van der Waals surface area contributed by atoms with Gasteiger partial charge in [-0.3, -0.25) is 9.36 Å². The highest BCUT2D eigenvalue weighted by molar-refractivity contribution is 7.53. The first-order chi connectivity index (χ1) is 14.4. The first-order valence-electron chi connectivity index (χ1n) is 10.1. The van der Waals surface area contributed by atoms with Crippen molar-refractivity contribution in [2.24, 2.45) is 5.92 Å². The molecule has 3 N–H and O–H groups in total. The van der Waals surface area contributed by atoms with Crippen LogP contribution in [0.15, 0.2) is 24.3 Å². The summed E-state index contributed by atoms with van der Waals surface area (Å²) in [6.45, 7) is 8.19.